The smallest absolute Gasteiger partial charge is 0.263 e. The predicted octanol–water partition coefficient (Wildman–Crippen LogP) is 4.66. The van der Waals surface area contributed by atoms with Gasteiger partial charge in [0.1, 0.15) is 0 Å². The molecule has 0 atom stereocenters. The lowest BCUT2D eigenvalue weighted by molar-refractivity contribution is 0.346. The van der Waals surface area contributed by atoms with Gasteiger partial charge in [0.25, 0.3) is 10.0 Å². The SMILES string of the molecule is Cc1cccc(S(=O)(=O)Nc2nc3ccccc3nc2Nc2cccc(S(=O)(=O)N3CCCCC3)c2)c1. The van der Waals surface area contributed by atoms with Crippen LogP contribution in [0.2, 0.25) is 0 Å². The third kappa shape index (κ3) is 5.43. The zero-order chi connectivity index (χ0) is 26.0. The molecule has 9 nitrogen and oxygen atoms in total. The minimum atomic E-state index is -3.96. The average Bonchev–Trinajstić information content (AvgIpc) is 2.89. The lowest BCUT2D eigenvalue weighted by atomic mass is 10.2. The number of nitrogens with one attached hydrogen (secondary N) is 2. The van der Waals surface area contributed by atoms with Gasteiger partial charge in [-0.3, -0.25) is 4.72 Å². The van der Waals surface area contributed by atoms with Gasteiger partial charge in [0, 0.05) is 18.8 Å². The number of hydrogen-bond donors (Lipinski definition) is 2. The highest BCUT2D eigenvalue weighted by atomic mass is 32.2. The second-order valence-corrected chi connectivity index (χ2v) is 12.6. The van der Waals surface area contributed by atoms with Gasteiger partial charge in [-0.1, -0.05) is 36.8 Å². The summed E-state index contributed by atoms with van der Waals surface area (Å²) >= 11 is 0. The molecule has 1 aliphatic rings. The van der Waals surface area contributed by atoms with E-state index in [4.69, 9.17) is 0 Å². The molecule has 11 heteroatoms. The molecule has 5 rings (SSSR count). The van der Waals surface area contributed by atoms with E-state index in [1.165, 1.54) is 16.4 Å². The fourth-order valence-corrected chi connectivity index (χ4v) is 6.93. The number of aryl methyl sites for hydroxylation is 1. The van der Waals surface area contributed by atoms with Crippen LogP contribution in [0, 0.1) is 6.92 Å². The topological polar surface area (TPSA) is 121 Å². The maximum Gasteiger partial charge on any atom is 0.263 e. The molecule has 2 heterocycles. The van der Waals surface area contributed by atoms with Crippen LogP contribution in [0.15, 0.2) is 82.6 Å². The van der Waals surface area contributed by atoms with Crippen molar-refractivity contribution in [1.82, 2.24) is 14.3 Å². The first kappa shape index (κ1) is 25.1. The molecular formula is C26H27N5O4S2. The molecule has 1 saturated heterocycles. The Kier molecular flexibility index (Phi) is 6.84. The summed E-state index contributed by atoms with van der Waals surface area (Å²) in [5, 5.41) is 3.08. The van der Waals surface area contributed by atoms with Crippen LogP contribution >= 0.6 is 0 Å². The number of anilines is 3. The second-order valence-electron chi connectivity index (χ2n) is 8.95. The number of nitrogens with zero attached hydrogens (tertiary/aromatic N) is 3. The Hall–Kier alpha value is -3.54. The van der Waals surface area contributed by atoms with Crippen LogP contribution in [0.25, 0.3) is 11.0 Å². The van der Waals surface area contributed by atoms with Crippen LogP contribution < -0.4 is 10.0 Å². The van der Waals surface area contributed by atoms with Gasteiger partial charge in [-0.25, -0.2) is 26.8 Å². The monoisotopic (exact) mass is 537 g/mol. The summed E-state index contributed by atoms with van der Waals surface area (Å²) in [5.41, 5.74) is 2.31. The van der Waals surface area contributed by atoms with Crippen LogP contribution in [0.1, 0.15) is 24.8 Å². The normalized spacial score (nSPS) is 14.9. The predicted molar refractivity (Wildman–Crippen MR) is 144 cm³/mol. The lowest BCUT2D eigenvalue weighted by Gasteiger charge is -2.26. The van der Waals surface area contributed by atoms with Gasteiger partial charge < -0.3 is 5.32 Å². The molecule has 0 bridgehead atoms. The highest BCUT2D eigenvalue weighted by Gasteiger charge is 2.26. The van der Waals surface area contributed by atoms with Crippen molar-refractivity contribution >= 4 is 48.4 Å². The molecule has 0 unspecified atom stereocenters. The molecule has 3 aromatic carbocycles. The van der Waals surface area contributed by atoms with E-state index in [1.807, 2.05) is 19.1 Å². The van der Waals surface area contributed by atoms with Gasteiger partial charge in [0.2, 0.25) is 10.0 Å². The molecule has 0 spiro atoms. The van der Waals surface area contributed by atoms with Gasteiger partial charge in [-0.15, -0.1) is 0 Å². The van der Waals surface area contributed by atoms with Gasteiger partial charge >= 0.3 is 0 Å². The number of sulfonamides is 2. The largest absolute Gasteiger partial charge is 0.337 e. The Morgan fingerprint density at radius 2 is 1.38 bits per heavy atom. The van der Waals surface area contributed by atoms with Crippen LogP contribution in [-0.2, 0) is 20.0 Å². The van der Waals surface area contributed by atoms with Crippen molar-refractivity contribution in [1.29, 1.82) is 0 Å². The number of hydrogen-bond acceptors (Lipinski definition) is 7. The van der Waals surface area contributed by atoms with Crippen molar-refractivity contribution in [2.75, 3.05) is 23.1 Å². The molecular weight excluding hydrogens is 510 g/mol. The van der Waals surface area contributed by atoms with E-state index in [9.17, 15) is 16.8 Å². The molecule has 37 heavy (non-hydrogen) atoms. The molecule has 1 aromatic heterocycles. The standard InChI is InChI=1S/C26H27N5O4S2/c1-19-9-7-11-21(17-19)36(32,33)30-26-25(28-23-13-3-4-14-24(23)29-26)27-20-10-8-12-22(18-20)37(34,35)31-15-5-2-6-16-31/h3-4,7-14,17-18H,2,5-6,15-16H2,1H3,(H,27,28)(H,29,30). The third-order valence-electron chi connectivity index (χ3n) is 6.15. The summed E-state index contributed by atoms with van der Waals surface area (Å²) in [5.74, 6) is 0.159. The van der Waals surface area contributed by atoms with Crippen molar-refractivity contribution < 1.29 is 16.8 Å². The van der Waals surface area contributed by atoms with E-state index >= 15 is 0 Å². The van der Waals surface area contributed by atoms with E-state index in [1.54, 1.807) is 48.5 Å². The number of aromatic nitrogens is 2. The Balaban J connectivity index is 1.52. The highest BCUT2D eigenvalue weighted by Crippen LogP contribution is 2.29. The highest BCUT2D eigenvalue weighted by molar-refractivity contribution is 7.92. The average molecular weight is 538 g/mol. The van der Waals surface area contributed by atoms with Crippen LogP contribution in [0.3, 0.4) is 0 Å². The van der Waals surface area contributed by atoms with Gasteiger partial charge in [-0.2, -0.15) is 4.31 Å². The minimum Gasteiger partial charge on any atom is -0.337 e. The molecule has 1 aliphatic heterocycles. The van der Waals surface area contributed by atoms with Gasteiger partial charge in [0.05, 0.1) is 20.8 Å². The molecule has 4 aromatic rings. The van der Waals surface area contributed by atoms with Crippen molar-refractivity contribution in [3.05, 3.63) is 78.4 Å². The lowest BCUT2D eigenvalue weighted by Crippen LogP contribution is -2.35. The number of piperidine rings is 1. The molecule has 0 amide bonds. The van der Waals surface area contributed by atoms with E-state index < -0.39 is 20.0 Å². The van der Waals surface area contributed by atoms with Crippen molar-refractivity contribution in [2.45, 2.75) is 36.0 Å². The Bertz CT molecular complexity index is 1670. The fourth-order valence-electron chi connectivity index (χ4n) is 4.25. The molecule has 0 radical (unpaired) electrons. The first-order valence-electron chi connectivity index (χ1n) is 12.0. The van der Waals surface area contributed by atoms with E-state index in [-0.39, 0.29) is 21.4 Å². The summed E-state index contributed by atoms with van der Waals surface area (Å²) in [6.07, 6.45) is 2.71. The first-order valence-corrected chi connectivity index (χ1v) is 14.9. The zero-order valence-corrected chi connectivity index (χ0v) is 21.9. The quantitative estimate of drug-likeness (QED) is 0.352. The maximum absolute atomic E-state index is 13.2. The van der Waals surface area contributed by atoms with Gasteiger partial charge in [0.15, 0.2) is 11.6 Å². The zero-order valence-electron chi connectivity index (χ0n) is 20.3. The van der Waals surface area contributed by atoms with E-state index in [2.05, 4.69) is 20.0 Å². The Labute approximate surface area is 216 Å². The summed E-state index contributed by atoms with van der Waals surface area (Å²) in [6, 6.07) is 20.1. The summed E-state index contributed by atoms with van der Waals surface area (Å²) < 4.78 is 56.8. The van der Waals surface area contributed by atoms with E-state index in [0.29, 0.717) is 29.8 Å². The second kappa shape index (κ2) is 10.1. The molecule has 0 saturated carbocycles. The number of benzene rings is 3. The molecule has 0 aliphatic carbocycles. The molecule has 192 valence electrons. The third-order valence-corrected chi connectivity index (χ3v) is 9.38. The number of para-hydroxylation sites is 2. The molecule has 1 fully saturated rings. The summed E-state index contributed by atoms with van der Waals surface area (Å²) in [7, 11) is -7.60. The van der Waals surface area contributed by atoms with Crippen LogP contribution in [-0.4, -0.2) is 44.2 Å². The maximum atomic E-state index is 13.2. The van der Waals surface area contributed by atoms with Gasteiger partial charge in [-0.05, 0) is 67.8 Å². The summed E-state index contributed by atoms with van der Waals surface area (Å²) in [4.78, 5) is 9.36. The van der Waals surface area contributed by atoms with Crippen LogP contribution in [0.4, 0.5) is 17.3 Å². The first-order chi connectivity index (χ1) is 17.7. The Morgan fingerprint density at radius 3 is 2.08 bits per heavy atom. The van der Waals surface area contributed by atoms with Crippen LogP contribution in [0.5, 0.6) is 0 Å². The molecule has 2 N–H and O–H groups in total. The van der Waals surface area contributed by atoms with Crippen molar-refractivity contribution in [2.24, 2.45) is 0 Å². The van der Waals surface area contributed by atoms with Crippen molar-refractivity contribution in [3.63, 3.8) is 0 Å². The van der Waals surface area contributed by atoms with Crippen molar-refractivity contribution in [3.8, 4) is 0 Å². The summed E-state index contributed by atoms with van der Waals surface area (Å²) in [6.45, 7) is 2.81. The fraction of sp³-hybridized carbons (Fsp3) is 0.231. The number of rotatable bonds is 7. The Morgan fingerprint density at radius 1 is 0.730 bits per heavy atom. The van der Waals surface area contributed by atoms with E-state index in [0.717, 1.165) is 24.8 Å². The minimum absolute atomic E-state index is 0.00416. The number of fused-ring (bicyclic) bond motifs is 1.